The lowest BCUT2D eigenvalue weighted by molar-refractivity contribution is -0.148. The largest absolute Gasteiger partial charge is 0.479 e. The van der Waals surface area contributed by atoms with Crippen LogP contribution in [0.25, 0.3) is 10.9 Å². The number of carbonyl (C=O) groups is 2. The van der Waals surface area contributed by atoms with Gasteiger partial charge in [-0.25, -0.2) is 4.79 Å². The molecule has 40 heavy (non-hydrogen) atoms. The average Bonchev–Trinajstić information content (AvgIpc) is 3.19. The quantitative estimate of drug-likeness (QED) is 0.215. The molecule has 4 rings (SSSR count). The van der Waals surface area contributed by atoms with Crippen molar-refractivity contribution in [3.05, 3.63) is 100 Å². The van der Waals surface area contributed by atoms with E-state index in [2.05, 4.69) is 61.8 Å². The molecular formula is C34H40N2O4. The van der Waals surface area contributed by atoms with E-state index in [-0.39, 0.29) is 17.9 Å². The van der Waals surface area contributed by atoms with Crippen molar-refractivity contribution in [3.8, 4) is 5.75 Å². The highest BCUT2D eigenvalue weighted by Gasteiger charge is 2.20. The number of hydrogen-bond donors (Lipinski definition) is 1. The fourth-order valence-corrected chi connectivity index (χ4v) is 5.04. The molecule has 0 aliphatic rings. The van der Waals surface area contributed by atoms with Gasteiger partial charge in [0.15, 0.2) is 6.10 Å². The number of amides is 1. The summed E-state index contributed by atoms with van der Waals surface area (Å²) in [6, 6.07) is 22.0. The van der Waals surface area contributed by atoms with E-state index >= 15 is 0 Å². The van der Waals surface area contributed by atoms with Crippen molar-refractivity contribution >= 4 is 22.8 Å². The van der Waals surface area contributed by atoms with Crippen molar-refractivity contribution in [1.29, 1.82) is 0 Å². The van der Waals surface area contributed by atoms with Crippen molar-refractivity contribution < 1.29 is 19.1 Å². The predicted molar refractivity (Wildman–Crippen MR) is 160 cm³/mol. The summed E-state index contributed by atoms with van der Waals surface area (Å²) in [6.07, 6.45) is -0.112. The second kappa shape index (κ2) is 12.4. The summed E-state index contributed by atoms with van der Waals surface area (Å²) in [4.78, 5) is 25.2. The summed E-state index contributed by atoms with van der Waals surface area (Å²) >= 11 is 0. The minimum atomic E-state index is -0.636. The lowest BCUT2D eigenvalue weighted by atomic mass is 9.98. The van der Waals surface area contributed by atoms with Gasteiger partial charge in [0, 0.05) is 28.7 Å². The molecule has 6 nitrogen and oxygen atoms in total. The number of aryl methyl sites for hydroxylation is 1. The molecule has 4 aromatic rings. The van der Waals surface area contributed by atoms with Gasteiger partial charge >= 0.3 is 5.97 Å². The summed E-state index contributed by atoms with van der Waals surface area (Å²) in [5, 5.41) is 4.23. The van der Waals surface area contributed by atoms with Crippen LogP contribution in [0.4, 0.5) is 0 Å². The summed E-state index contributed by atoms with van der Waals surface area (Å²) < 4.78 is 13.0. The van der Waals surface area contributed by atoms with Crippen LogP contribution in [0.1, 0.15) is 84.4 Å². The van der Waals surface area contributed by atoms with Crippen LogP contribution < -0.4 is 10.1 Å². The van der Waals surface area contributed by atoms with Crippen molar-refractivity contribution in [2.75, 3.05) is 7.11 Å². The Labute approximate surface area is 237 Å². The second-order valence-electron chi connectivity index (χ2n) is 10.7. The minimum Gasteiger partial charge on any atom is -0.479 e. The monoisotopic (exact) mass is 540 g/mol. The third kappa shape index (κ3) is 6.22. The lowest BCUT2D eigenvalue weighted by Gasteiger charge is -2.17. The van der Waals surface area contributed by atoms with Crippen LogP contribution in [0.2, 0.25) is 0 Å². The first kappa shape index (κ1) is 28.9. The maximum Gasteiger partial charge on any atom is 0.347 e. The molecule has 2 atom stereocenters. The molecule has 3 aromatic carbocycles. The Morgan fingerprint density at radius 3 is 2.35 bits per heavy atom. The van der Waals surface area contributed by atoms with Gasteiger partial charge in [0.25, 0.3) is 5.91 Å². The zero-order valence-electron chi connectivity index (χ0n) is 24.6. The van der Waals surface area contributed by atoms with Gasteiger partial charge in [-0.1, -0.05) is 57.2 Å². The SMILES string of the molecule is CC[C@H](Oc1cccc(Cn2c(C)c(C)c3cc(C(=O)N[C@@H](C)c4cccc(C(C)C)c4)ccc32)c1)C(=O)OC. The van der Waals surface area contributed by atoms with E-state index in [0.29, 0.717) is 30.2 Å². The van der Waals surface area contributed by atoms with Gasteiger partial charge in [-0.3, -0.25) is 4.79 Å². The number of rotatable bonds is 10. The molecule has 0 radical (unpaired) electrons. The van der Waals surface area contributed by atoms with Crippen molar-refractivity contribution in [1.82, 2.24) is 9.88 Å². The Balaban J connectivity index is 1.55. The Kier molecular flexibility index (Phi) is 8.98. The number of fused-ring (bicyclic) bond motifs is 1. The molecule has 0 saturated carbocycles. The van der Waals surface area contributed by atoms with E-state index in [4.69, 9.17) is 9.47 Å². The molecule has 0 fully saturated rings. The number of benzene rings is 3. The van der Waals surface area contributed by atoms with Crippen LogP contribution in [0.3, 0.4) is 0 Å². The molecule has 1 amide bonds. The number of nitrogens with one attached hydrogen (secondary N) is 1. The Morgan fingerprint density at radius 1 is 0.925 bits per heavy atom. The topological polar surface area (TPSA) is 69.6 Å². The van der Waals surface area contributed by atoms with Gasteiger partial charge in [0.1, 0.15) is 5.75 Å². The van der Waals surface area contributed by atoms with Crippen molar-refractivity contribution in [3.63, 3.8) is 0 Å². The van der Waals surface area contributed by atoms with Crippen LogP contribution in [0, 0.1) is 13.8 Å². The number of carbonyl (C=O) groups excluding carboxylic acids is 2. The average molecular weight is 541 g/mol. The number of methoxy groups -OCH3 is 1. The van der Waals surface area contributed by atoms with Gasteiger partial charge in [-0.05, 0) is 85.7 Å². The molecule has 1 heterocycles. The molecule has 0 bridgehead atoms. The zero-order chi connectivity index (χ0) is 29.0. The van der Waals surface area contributed by atoms with Gasteiger partial charge < -0.3 is 19.4 Å². The fourth-order valence-electron chi connectivity index (χ4n) is 5.04. The highest BCUT2D eigenvalue weighted by molar-refractivity contribution is 5.99. The molecule has 0 saturated heterocycles. The number of ether oxygens (including phenoxy) is 2. The first-order valence-corrected chi connectivity index (χ1v) is 14.0. The lowest BCUT2D eigenvalue weighted by Crippen LogP contribution is -2.27. The van der Waals surface area contributed by atoms with Gasteiger partial charge in [-0.2, -0.15) is 0 Å². The van der Waals surface area contributed by atoms with E-state index in [1.165, 1.54) is 12.7 Å². The van der Waals surface area contributed by atoms with E-state index in [0.717, 1.165) is 33.3 Å². The van der Waals surface area contributed by atoms with Crippen LogP contribution >= 0.6 is 0 Å². The highest BCUT2D eigenvalue weighted by atomic mass is 16.6. The Hall–Kier alpha value is -4.06. The predicted octanol–water partition coefficient (Wildman–Crippen LogP) is 7.25. The maximum absolute atomic E-state index is 13.2. The molecule has 6 heteroatoms. The Morgan fingerprint density at radius 2 is 1.65 bits per heavy atom. The number of nitrogens with zero attached hydrogens (tertiary/aromatic N) is 1. The van der Waals surface area contributed by atoms with Gasteiger partial charge in [0.05, 0.1) is 13.2 Å². The first-order chi connectivity index (χ1) is 19.1. The van der Waals surface area contributed by atoms with Crippen LogP contribution in [0.15, 0.2) is 66.7 Å². The minimum absolute atomic E-state index is 0.0879. The molecule has 1 aromatic heterocycles. The number of esters is 1. The summed E-state index contributed by atoms with van der Waals surface area (Å²) in [6.45, 7) is 13.1. The fraction of sp³-hybridized carbons (Fsp3) is 0.353. The molecule has 0 spiro atoms. The molecule has 0 aliphatic heterocycles. The van der Waals surface area contributed by atoms with Gasteiger partial charge in [-0.15, -0.1) is 0 Å². The Bertz CT molecular complexity index is 1520. The molecular weight excluding hydrogens is 500 g/mol. The summed E-state index contributed by atoms with van der Waals surface area (Å²) in [5.74, 6) is 0.598. The maximum atomic E-state index is 13.2. The zero-order valence-corrected chi connectivity index (χ0v) is 24.6. The summed E-state index contributed by atoms with van der Waals surface area (Å²) in [7, 11) is 1.37. The third-order valence-electron chi connectivity index (χ3n) is 7.68. The number of hydrogen-bond acceptors (Lipinski definition) is 4. The van der Waals surface area contributed by atoms with E-state index in [1.54, 1.807) is 0 Å². The standard InChI is InChI=1S/C34H40N2O4/c1-8-32(34(38)39-7)40-29-14-9-11-25(17-29)20-36-24(6)22(4)30-19-28(15-16-31(30)36)33(37)35-23(5)27-13-10-12-26(18-27)21(2)3/h9-19,21,23,32H,8,20H2,1-7H3,(H,35,37)/t23-,32-/m0/s1. The van der Waals surface area contributed by atoms with E-state index in [1.807, 2.05) is 56.3 Å². The normalized spacial score (nSPS) is 12.8. The summed E-state index contributed by atoms with van der Waals surface area (Å²) in [5.41, 5.74) is 7.40. The smallest absolute Gasteiger partial charge is 0.347 e. The third-order valence-corrected chi connectivity index (χ3v) is 7.68. The molecule has 0 unspecified atom stereocenters. The van der Waals surface area contributed by atoms with Crippen LogP contribution in [-0.2, 0) is 16.1 Å². The highest BCUT2D eigenvalue weighted by Crippen LogP contribution is 2.29. The molecule has 0 aliphatic carbocycles. The molecule has 1 N–H and O–H groups in total. The van der Waals surface area contributed by atoms with Gasteiger partial charge in [0.2, 0.25) is 0 Å². The van der Waals surface area contributed by atoms with Crippen LogP contribution in [0.5, 0.6) is 5.75 Å². The second-order valence-corrected chi connectivity index (χ2v) is 10.7. The van der Waals surface area contributed by atoms with Crippen molar-refractivity contribution in [2.24, 2.45) is 0 Å². The molecule has 210 valence electrons. The number of aromatic nitrogens is 1. The van der Waals surface area contributed by atoms with E-state index < -0.39 is 6.10 Å². The van der Waals surface area contributed by atoms with E-state index in [9.17, 15) is 9.59 Å². The van der Waals surface area contributed by atoms with Crippen LogP contribution in [-0.4, -0.2) is 29.7 Å². The first-order valence-electron chi connectivity index (χ1n) is 14.0. The van der Waals surface area contributed by atoms with Crippen molar-refractivity contribution in [2.45, 2.75) is 72.6 Å².